The largest absolute Gasteiger partial charge is 0.461 e. The maximum atomic E-state index is 13.3. The van der Waals surface area contributed by atoms with Gasteiger partial charge in [0, 0.05) is 0 Å². The summed E-state index contributed by atoms with van der Waals surface area (Å²) in [5.74, 6) is -0.731. The molecule has 0 saturated carbocycles. The van der Waals surface area contributed by atoms with Gasteiger partial charge >= 0.3 is 13.6 Å². The van der Waals surface area contributed by atoms with Gasteiger partial charge in [0.25, 0.3) is 0 Å². The molecule has 0 rings (SSSR count). The summed E-state index contributed by atoms with van der Waals surface area (Å²) in [5, 5.41) is 0. The Morgan fingerprint density at radius 2 is 1.32 bits per heavy atom. The van der Waals surface area contributed by atoms with Gasteiger partial charge in [-0.1, -0.05) is 59.8 Å². The van der Waals surface area contributed by atoms with Crippen LogP contribution in [0.4, 0.5) is 0 Å². The number of hydrogen-bond donors (Lipinski definition) is 0. The highest BCUT2D eigenvalue weighted by molar-refractivity contribution is 7.55. The second-order valence-electron chi connectivity index (χ2n) is 8.14. The lowest BCUT2D eigenvalue weighted by Gasteiger charge is -2.24. The van der Waals surface area contributed by atoms with Crippen LogP contribution in [0.3, 0.4) is 0 Å². The first-order valence-electron chi connectivity index (χ1n) is 11.6. The Morgan fingerprint density at radius 3 is 1.85 bits per heavy atom. The van der Waals surface area contributed by atoms with Crippen molar-refractivity contribution in [3.63, 3.8) is 0 Å². The van der Waals surface area contributed by atoms with Gasteiger partial charge in [-0.3, -0.25) is 9.36 Å². The topological polar surface area (TPSA) is 71.1 Å². The molecule has 0 N–H and O–H groups in total. The molecule has 192 valence electrons. The fourth-order valence-electron chi connectivity index (χ4n) is 2.78. The maximum Gasteiger partial charge on any atom is 0.347 e. The SMILES string of the molecule is C=CCOC(=O)C(COCC=C(C)CCC=C(C)CCC=C(C)C)P(=O)(OCC=C)OCC=C. The van der Waals surface area contributed by atoms with Gasteiger partial charge in [0.1, 0.15) is 6.61 Å². The molecular formula is C27H43O6P. The summed E-state index contributed by atoms with van der Waals surface area (Å²) in [4.78, 5) is 12.6. The average molecular weight is 495 g/mol. The first kappa shape index (κ1) is 32.0. The zero-order valence-electron chi connectivity index (χ0n) is 21.4. The Bertz CT molecular complexity index is 758. The van der Waals surface area contributed by atoms with Gasteiger partial charge < -0.3 is 18.5 Å². The molecule has 0 aliphatic rings. The van der Waals surface area contributed by atoms with Crippen LogP contribution in [0.5, 0.6) is 0 Å². The number of rotatable bonds is 20. The van der Waals surface area contributed by atoms with Crippen LogP contribution >= 0.6 is 7.60 Å². The first-order chi connectivity index (χ1) is 16.2. The van der Waals surface area contributed by atoms with E-state index in [4.69, 9.17) is 18.5 Å². The summed E-state index contributed by atoms with van der Waals surface area (Å²) in [6.07, 6.45) is 14.8. The smallest absolute Gasteiger partial charge is 0.347 e. The lowest BCUT2D eigenvalue weighted by Crippen LogP contribution is -2.30. The van der Waals surface area contributed by atoms with Crippen LogP contribution < -0.4 is 0 Å². The zero-order valence-corrected chi connectivity index (χ0v) is 22.3. The molecule has 0 aliphatic carbocycles. The molecule has 0 spiro atoms. The van der Waals surface area contributed by atoms with Crippen molar-refractivity contribution in [2.24, 2.45) is 0 Å². The van der Waals surface area contributed by atoms with E-state index in [1.54, 1.807) is 0 Å². The fourth-order valence-corrected chi connectivity index (χ4v) is 4.46. The lowest BCUT2D eigenvalue weighted by atomic mass is 10.1. The molecule has 34 heavy (non-hydrogen) atoms. The second kappa shape index (κ2) is 19.3. The molecule has 7 heteroatoms. The Kier molecular flexibility index (Phi) is 18.2. The fraction of sp³-hybridized carbons (Fsp3) is 0.519. The van der Waals surface area contributed by atoms with Crippen molar-refractivity contribution in [3.05, 3.63) is 72.9 Å². The quantitative estimate of drug-likeness (QED) is 0.0777. The molecule has 0 radical (unpaired) electrons. The number of esters is 1. The molecule has 0 bridgehead atoms. The van der Waals surface area contributed by atoms with Crippen LogP contribution in [0.25, 0.3) is 0 Å². The monoisotopic (exact) mass is 494 g/mol. The van der Waals surface area contributed by atoms with Gasteiger partial charge in [0.05, 0.1) is 26.4 Å². The van der Waals surface area contributed by atoms with Gasteiger partial charge in [-0.25, -0.2) is 0 Å². The van der Waals surface area contributed by atoms with Crippen LogP contribution in [-0.2, 0) is 27.9 Å². The summed E-state index contributed by atoms with van der Waals surface area (Å²) in [6.45, 7) is 19.1. The molecule has 0 amide bonds. The Hall–Kier alpha value is -1.98. The number of carbonyl (C=O) groups excluding carboxylic acids is 1. The number of hydrogen-bond acceptors (Lipinski definition) is 6. The highest BCUT2D eigenvalue weighted by Crippen LogP contribution is 2.53. The van der Waals surface area contributed by atoms with E-state index in [2.05, 4.69) is 52.7 Å². The Labute approximate surface area is 206 Å². The highest BCUT2D eigenvalue weighted by Gasteiger charge is 2.42. The standard InChI is InChI=1S/C27H43O6P/c1-8-18-31-27(28)26(34(29,32-19-9-2)33-20-10-3)22-30-21-17-25(7)16-12-15-24(6)14-11-13-23(4)5/h8-10,13,15,17,26H,1-3,11-12,14,16,18-22H2,4-7H3. The Morgan fingerprint density at radius 1 is 0.794 bits per heavy atom. The summed E-state index contributed by atoms with van der Waals surface area (Å²) >= 11 is 0. The number of allylic oxidation sites excluding steroid dienone is 5. The van der Waals surface area contributed by atoms with E-state index in [0.29, 0.717) is 0 Å². The van der Waals surface area contributed by atoms with E-state index in [0.717, 1.165) is 25.7 Å². The second-order valence-corrected chi connectivity index (χ2v) is 10.4. The number of ether oxygens (including phenoxy) is 2. The molecule has 1 atom stereocenters. The average Bonchev–Trinajstić information content (AvgIpc) is 2.79. The van der Waals surface area contributed by atoms with Crippen molar-refractivity contribution in [2.75, 3.05) is 33.0 Å². The van der Waals surface area contributed by atoms with Crippen molar-refractivity contribution < 1.29 is 27.9 Å². The predicted octanol–water partition coefficient (Wildman–Crippen LogP) is 7.12. The minimum atomic E-state index is -3.88. The molecule has 0 aromatic heterocycles. The summed E-state index contributed by atoms with van der Waals surface area (Å²) < 4.78 is 34.8. The van der Waals surface area contributed by atoms with Crippen LogP contribution in [0.2, 0.25) is 0 Å². The third-order valence-electron chi connectivity index (χ3n) is 4.69. The third kappa shape index (κ3) is 15.0. The molecule has 6 nitrogen and oxygen atoms in total. The summed E-state index contributed by atoms with van der Waals surface area (Å²) in [7, 11) is -3.88. The Balaban J connectivity index is 4.95. The normalized spacial score (nSPS) is 13.2. The molecule has 0 saturated heterocycles. The predicted molar refractivity (Wildman–Crippen MR) is 141 cm³/mol. The van der Waals surface area contributed by atoms with E-state index >= 15 is 0 Å². The van der Waals surface area contributed by atoms with Crippen molar-refractivity contribution in [1.29, 1.82) is 0 Å². The van der Waals surface area contributed by atoms with Crippen molar-refractivity contribution in [1.82, 2.24) is 0 Å². The molecule has 0 heterocycles. The van der Waals surface area contributed by atoms with Gasteiger partial charge in [-0.2, -0.15) is 0 Å². The van der Waals surface area contributed by atoms with Crippen LogP contribution in [0.1, 0.15) is 53.4 Å². The summed E-state index contributed by atoms with van der Waals surface area (Å²) in [6, 6.07) is 0. The zero-order chi connectivity index (χ0) is 25.8. The maximum absolute atomic E-state index is 13.3. The van der Waals surface area contributed by atoms with Gasteiger partial charge in [-0.15, -0.1) is 13.2 Å². The van der Waals surface area contributed by atoms with E-state index in [1.165, 1.54) is 34.9 Å². The van der Waals surface area contributed by atoms with Crippen molar-refractivity contribution in [2.45, 2.75) is 59.0 Å². The van der Waals surface area contributed by atoms with Crippen LogP contribution in [0.15, 0.2) is 72.9 Å². The molecular weight excluding hydrogens is 451 g/mol. The van der Waals surface area contributed by atoms with E-state index in [-0.39, 0.29) is 33.0 Å². The third-order valence-corrected chi connectivity index (χ3v) is 6.83. The van der Waals surface area contributed by atoms with Crippen molar-refractivity contribution in [3.8, 4) is 0 Å². The minimum Gasteiger partial charge on any atom is -0.461 e. The summed E-state index contributed by atoms with van der Waals surface area (Å²) in [5.41, 5.74) is 2.68. The van der Waals surface area contributed by atoms with E-state index < -0.39 is 19.2 Å². The molecule has 1 unspecified atom stereocenters. The molecule has 0 aromatic rings. The van der Waals surface area contributed by atoms with Crippen LogP contribution in [-0.4, -0.2) is 44.7 Å². The minimum absolute atomic E-state index is 0.0153. The molecule has 0 fully saturated rings. The molecule has 0 aliphatic heterocycles. The van der Waals surface area contributed by atoms with Crippen molar-refractivity contribution >= 4 is 13.6 Å². The van der Waals surface area contributed by atoms with Crippen LogP contribution in [0, 0.1) is 0 Å². The van der Waals surface area contributed by atoms with Gasteiger partial charge in [-0.05, 0) is 53.4 Å². The van der Waals surface area contributed by atoms with Gasteiger partial charge in [0.2, 0.25) is 0 Å². The highest BCUT2D eigenvalue weighted by atomic mass is 31.2. The van der Waals surface area contributed by atoms with E-state index in [1.807, 2.05) is 13.0 Å². The lowest BCUT2D eigenvalue weighted by molar-refractivity contribution is -0.143. The molecule has 0 aromatic carbocycles. The number of carbonyl (C=O) groups is 1. The first-order valence-corrected chi connectivity index (χ1v) is 13.2. The van der Waals surface area contributed by atoms with Gasteiger partial charge in [0.15, 0.2) is 5.66 Å². The van der Waals surface area contributed by atoms with E-state index in [9.17, 15) is 9.36 Å².